The highest BCUT2D eigenvalue weighted by atomic mass is 35.5. The molecule has 2 aliphatic heterocycles. The maximum atomic E-state index is 13.7. The summed E-state index contributed by atoms with van der Waals surface area (Å²) < 4.78 is 13.7. The lowest BCUT2D eigenvalue weighted by atomic mass is 9.81. The minimum atomic E-state index is -0.471. The lowest BCUT2D eigenvalue weighted by Crippen LogP contribution is -2.41. The molecular weight excluding hydrogens is 315 g/mol. The molecule has 0 bridgehead atoms. The fourth-order valence-electron chi connectivity index (χ4n) is 3.68. The number of hydrogen-bond donors (Lipinski definition) is 1. The van der Waals surface area contributed by atoms with E-state index < -0.39 is 11.2 Å². The summed E-state index contributed by atoms with van der Waals surface area (Å²) in [5, 5.41) is 3.40. The molecule has 1 saturated heterocycles. The molecular formula is C18H16ClFN2O. The Morgan fingerprint density at radius 1 is 1.26 bits per heavy atom. The van der Waals surface area contributed by atoms with E-state index >= 15 is 0 Å². The first-order chi connectivity index (χ1) is 11.1. The number of benzene rings is 2. The maximum absolute atomic E-state index is 13.7. The predicted molar refractivity (Wildman–Crippen MR) is 88.2 cm³/mol. The zero-order valence-corrected chi connectivity index (χ0v) is 13.2. The van der Waals surface area contributed by atoms with Crippen LogP contribution in [0.2, 0.25) is 5.02 Å². The summed E-state index contributed by atoms with van der Waals surface area (Å²) in [5.41, 5.74) is 2.26. The molecule has 5 heteroatoms. The Labute approximate surface area is 139 Å². The third kappa shape index (κ3) is 2.17. The molecule has 0 saturated carbocycles. The van der Waals surface area contributed by atoms with Crippen LogP contribution in [0.4, 0.5) is 10.1 Å². The van der Waals surface area contributed by atoms with Gasteiger partial charge in [-0.1, -0.05) is 35.9 Å². The number of carbonyl (C=O) groups excluding carboxylic acids is 1. The monoisotopic (exact) mass is 330 g/mol. The number of nitrogens with one attached hydrogen (secondary N) is 1. The highest BCUT2D eigenvalue weighted by Crippen LogP contribution is 2.45. The van der Waals surface area contributed by atoms with Gasteiger partial charge in [0, 0.05) is 12.2 Å². The highest BCUT2D eigenvalue weighted by molar-refractivity contribution is 6.30. The second-order valence-electron chi connectivity index (χ2n) is 6.17. The van der Waals surface area contributed by atoms with Crippen LogP contribution in [0.3, 0.4) is 0 Å². The predicted octanol–water partition coefficient (Wildman–Crippen LogP) is 3.26. The van der Waals surface area contributed by atoms with E-state index in [1.54, 1.807) is 11.0 Å². The van der Waals surface area contributed by atoms with Gasteiger partial charge in [-0.2, -0.15) is 0 Å². The Balaban J connectivity index is 1.74. The molecule has 0 aromatic heterocycles. The number of para-hydroxylation sites is 1. The van der Waals surface area contributed by atoms with Crippen LogP contribution in [0.5, 0.6) is 0 Å². The molecule has 2 heterocycles. The van der Waals surface area contributed by atoms with Crippen molar-refractivity contribution in [2.24, 2.45) is 0 Å². The molecule has 1 fully saturated rings. The van der Waals surface area contributed by atoms with E-state index in [-0.39, 0.29) is 10.9 Å². The van der Waals surface area contributed by atoms with Crippen LogP contribution in [-0.2, 0) is 16.8 Å². The van der Waals surface area contributed by atoms with Crippen molar-refractivity contribution in [2.45, 2.75) is 18.4 Å². The van der Waals surface area contributed by atoms with E-state index in [4.69, 9.17) is 11.6 Å². The average molecular weight is 331 g/mol. The summed E-state index contributed by atoms with van der Waals surface area (Å²) in [6.45, 7) is 1.85. The van der Waals surface area contributed by atoms with Gasteiger partial charge in [0.05, 0.1) is 17.0 Å². The van der Waals surface area contributed by atoms with E-state index in [1.807, 2.05) is 24.3 Å². The van der Waals surface area contributed by atoms with E-state index in [0.717, 1.165) is 29.8 Å². The average Bonchev–Trinajstić information content (AvgIpc) is 3.13. The lowest BCUT2D eigenvalue weighted by molar-refractivity contribution is -0.122. The summed E-state index contributed by atoms with van der Waals surface area (Å²) in [6.07, 6.45) is 0.800. The number of fused-ring (bicyclic) bond motifs is 2. The fourth-order valence-corrected chi connectivity index (χ4v) is 3.80. The Bertz CT molecular complexity index is 786. The normalized spacial score (nSPS) is 22.9. The summed E-state index contributed by atoms with van der Waals surface area (Å²) in [4.78, 5) is 14.9. The van der Waals surface area contributed by atoms with Gasteiger partial charge in [-0.05, 0) is 42.3 Å². The van der Waals surface area contributed by atoms with Crippen molar-refractivity contribution in [3.63, 3.8) is 0 Å². The van der Waals surface area contributed by atoms with Gasteiger partial charge in [-0.3, -0.25) is 4.79 Å². The zero-order chi connectivity index (χ0) is 16.0. The molecule has 0 aliphatic carbocycles. The molecule has 2 aliphatic rings. The van der Waals surface area contributed by atoms with Crippen molar-refractivity contribution in [3.8, 4) is 0 Å². The van der Waals surface area contributed by atoms with Crippen molar-refractivity contribution in [1.29, 1.82) is 0 Å². The van der Waals surface area contributed by atoms with Crippen LogP contribution in [0.1, 0.15) is 17.5 Å². The standard InChI is InChI=1S/C18H16ClFN2O/c19-14-6-5-12(9-15(14)20)10-22-16-4-2-1-3-13(16)18(17(22)23)7-8-21-11-18/h1-6,9,21H,7-8,10-11H2. The number of nitrogens with zero attached hydrogens (tertiary/aromatic N) is 1. The van der Waals surface area contributed by atoms with Gasteiger partial charge in [0.2, 0.25) is 5.91 Å². The number of hydrogen-bond acceptors (Lipinski definition) is 2. The van der Waals surface area contributed by atoms with E-state index in [0.29, 0.717) is 13.1 Å². The molecule has 1 atom stereocenters. The second-order valence-corrected chi connectivity index (χ2v) is 6.57. The molecule has 2 aromatic rings. The third-order valence-electron chi connectivity index (χ3n) is 4.84. The summed E-state index contributed by atoms with van der Waals surface area (Å²) >= 11 is 5.74. The summed E-state index contributed by atoms with van der Waals surface area (Å²) in [6, 6.07) is 12.6. The molecule has 118 valence electrons. The molecule has 4 rings (SSSR count). The second kappa shape index (κ2) is 5.32. The molecule has 3 nitrogen and oxygen atoms in total. The van der Waals surface area contributed by atoms with E-state index in [9.17, 15) is 9.18 Å². The van der Waals surface area contributed by atoms with Gasteiger partial charge in [-0.15, -0.1) is 0 Å². The Hall–Kier alpha value is -1.91. The summed E-state index contributed by atoms with van der Waals surface area (Å²) in [5.74, 6) is -0.361. The molecule has 1 unspecified atom stereocenters. The minimum Gasteiger partial charge on any atom is -0.315 e. The van der Waals surface area contributed by atoms with Gasteiger partial charge in [0.1, 0.15) is 5.82 Å². The summed E-state index contributed by atoms with van der Waals surface area (Å²) in [7, 11) is 0. The molecule has 23 heavy (non-hydrogen) atoms. The number of rotatable bonds is 2. The highest BCUT2D eigenvalue weighted by Gasteiger charge is 2.52. The molecule has 1 amide bonds. The van der Waals surface area contributed by atoms with Crippen LogP contribution in [-0.4, -0.2) is 19.0 Å². The van der Waals surface area contributed by atoms with Crippen molar-refractivity contribution in [1.82, 2.24) is 5.32 Å². The molecule has 0 radical (unpaired) electrons. The zero-order valence-electron chi connectivity index (χ0n) is 12.5. The number of carbonyl (C=O) groups is 1. The van der Waals surface area contributed by atoms with E-state index in [2.05, 4.69) is 5.32 Å². The number of amides is 1. The maximum Gasteiger partial charge on any atom is 0.239 e. The first-order valence-electron chi connectivity index (χ1n) is 7.68. The molecule has 1 spiro atoms. The number of halogens is 2. The quantitative estimate of drug-likeness (QED) is 0.916. The lowest BCUT2D eigenvalue weighted by Gasteiger charge is -2.23. The van der Waals surface area contributed by atoms with Crippen LogP contribution in [0.15, 0.2) is 42.5 Å². The van der Waals surface area contributed by atoms with Crippen molar-refractivity contribution < 1.29 is 9.18 Å². The SMILES string of the molecule is O=C1N(Cc2ccc(Cl)c(F)c2)c2ccccc2C12CCNC2. The van der Waals surface area contributed by atoms with Crippen LogP contribution >= 0.6 is 11.6 Å². The Kier molecular flexibility index (Phi) is 3.39. The van der Waals surface area contributed by atoms with Crippen molar-refractivity contribution >= 4 is 23.2 Å². The minimum absolute atomic E-state index is 0.0957. The topological polar surface area (TPSA) is 32.3 Å². The van der Waals surface area contributed by atoms with E-state index in [1.165, 1.54) is 12.1 Å². The van der Waals surface area contributed by atoms with Gasteiger partial charge in [-0.25, -0.2) is 4.39 Å². The Morgan fingerprint density at radius 2 is 2.09 bits per heavy atom. The van der Waals surface area contributed by atoms with Crippen molar-refractivity contribution in [2.75, 3.05) is 18.0 Å². The first kappa shape index (κ1) is 14.7. The van der Waals surface area contributed by atoms with Crippen LogP contribution < -0.4 is 10.2 Å². The van der Waals surface area contributed by atoms with Crippen molar-refractivity contribution in [3.05, 3.63) is 64.4 Å². The van der Waals surface area contributed by atoms with Crippen LogP contribution in [0.25, 0.3) is 0 Å². The van der Waals surface area contributed by atoms with Crippen LogP contribution in [0, 0.1) is 5.82 Å². The van der Waals surface area contributed by atoms with Gasteiger partial charge in [0.25, 0.3) is 0 Å². The molecule has 2 aromatic carbocycles. The van der Waals surface area contributed by atoms with Gasteiger partial charge in [0.15, 0.2) is 0 Å². The van der Waals surface area contributed by atoms with Gasteiger partial charge < -0.3 is 10.2 Å². The smallest absolute Gasteiger partial charge is 0.239 e. The Morgan fingerprint density at radius 3 is 2.83 bits per heavy atom. The third-order valence-corrected chi connectivity index (χ3v) is 5.15. The first-order valence-corrected chi connectivity index (χ1v) is 8.06. The van der Waals surface area contributed by atoms with Gasteiger partial charge >= 0.3 is 0 Å². The number of anilines is 1. The molecule has 1 N–H and O–H groups in total. The fraction of sp³-hybridized carbons (Fsp3) is 0.278. The largest absolute Gasteiger partial charge is 0.315 e.